The minimum absolute atomic E-state index is 0.0395. The van der Waals surface area contributed by atoms with Crippen molar-refractivity contribution in [2.45, 2.75) is 44.0 Å². The molecule has 0 aromatic rings. The molecule has 0 spiro atoms. The summed E-state index contributed by atoms with van der Waals surface area (Å²) in [4.78, 5) is 0. The molecule has 0 aliphatic carbocycles. The average molecular weight is 211 g/mol. The number of likely N-dealkylation sites (N-methyl/N-ethyl adjacent to an activating group) is 1. The Bertz CT molecular complexity index is 166. The Morgan fingerprint density at radius 3 is 2.64 bits per heavy atom. The Kier molecular flexibility index (Phi) is 4.19. The Hall–Kier alpha value is -0.290. The third-order valence-electron chi connectivity index (χ3n) is 2.52. The first-order valence-electron chi connectivity index (χ1n) is 4.88. The van der Waals surface area contributed by atoms with Gasteiger partial charge in [0.25, 0.3) is 0 Å². The molecule has 0 aromatic carbocycles. The molecule has 1 fully saturated rings. The van der Waals surface area contributed by atoms with E-state index < -0.39 is 12.6 Å². The third kappa shape index (κ3) is 3.84. The summed E-state index contributed by atoms with van der Waals surface area (Å²) in [5.41, 5.74) is 0. The molecule has 2 atom stereocenters. The minimum atomic E-state index is -4.06. The zero-order valence-corrected chi connectivity index (χ0v) is 8.23. The molecule has 2 nitrogen and oxygen atoms in total. The van der Waals surface area contributed by atoms with Gasteiger partial charge >= 0.3 is 6.18 Å². The predicted molar refractivity (Wildman–Crippen MR) is 47.1 cm³/mol. The van der Waals surface area contributed by atoms with E-state index in [-0.39, 0.29) is 18.6 Å². The Morgan fingerprint density at radius 1 is 1.50 bits per heavy atom. The van der Waals surface area contributed by atoms with Crippen molar-refractivity contribution in [2.24, 2.45) is 0 Å². The lowest BCUT2D eigenvalue weighted by atomic mass is 10.0. The molecular weight excluding hydrogens is 195 g/mol. The average Bonchev–Trinajstić information content (AvgIpc) is 2.56. The topological polar surface area (TPSA) is 21.3 Å². The van der Waals surface area contributed by atoms with E-state index in [1.807, 2.05) is 0 Å². The Labute approximate surface area is 81.8 Å². The fourth-order valence-corrected chi connectivity index (χ4v) is 1.76. The molecule has 0 bridgehead atoms. The van der Waals surface area contributed by atoms with Crippen LogP contribution in [0.2, 0.25) is 0 Å². The first kappa shape index (κ1) is 11.8. The standard InChI is InChI=1S/C9H16F3NO/c1-13-7(4-5-9(10,11)12)8-3-2-6-14-8/h7-8,13H,2-6H2,1H3. The highest BCUT2D eigenvalue weighted by atomic mass is 19.4. The fraction of sp³-hybridized carbons (Fsp3) is 1.00. The SMILES string of the molecule is CNC(CCC(F)(F)F)C1CCCO1. The molecule has 0 amide bonds. The second-order valence-corrected chi connectivity index (χ2v) is 3.60. The number of hydrogen-bond donors (Lipinski definition) is 1. The van der Waals surface area contributed by atoms with Crippen LogP contribution in [0.15, 0.2) is 0 Å². The number of alkyl halides is 3. The van der Waals surface area contributed by atoms with Crippen LogP contribution in [0, 0.1) is 0 Å². The van der Waals surface area contributed by atoms with Crippen molar-refractivity contribution in [2.75, 3.05) is 13.7 Å². The van der Waals surface area contributed by atoms with Crippen LogP contribution in [-0.4, -0.2) is 32.0 Å². The second-order valence-electron chi connectivity index (χ2n) is 3.60. The van der Waals surface area contributed by atoms with Crippen molar-refractivity contribution in [1.82, 2.24) is 5.32 Å². The smallest absolute Gasteiger partial charge is 0.377 e. The highest BCUT2D eigenvalue weighted by Gasteiger charge is 2.31. The largest absolute Gasteiger partial charge is 0.389 e. The van der Waals surface area contributed by atoms with Gasteiger partial charge in [-0.25, -0.2) is 0 Å². The Balaban J connectivity index is 2.31. The number of rotatable bonds is 4. The molecule has 0 saturated carbocycles. The summed E-state index contributed by atoms with van der Waals surface area (Å²) in [6, 6.07) is -0.167. The molecule has 2 unspecified atom stereocenters. The summed E-state index contributed by atoms with van der Waals surface area (Å²) in [6.07, 6.45) is -2.92. The molecule has 0 radical (unpaired) electrons. The van der Waals surface area contributed by atoms with Crippen molar-refractivity contribution < 1.29 is 17.9 Å². The number of halogens is 3. The van der Waals surface area contributed by atoms with E-state index in [1.165, 1.54) is 0 Å². The van der Waals surface area contributed by atoms with Crippen LogP contribution in [0.1, 0.15) is 25.7 Å². The first-order valence-corrected chi connectivity index (χ1v) is 4.88. The summed E-state index contributed by atoms with van der Waals surface area (Å²) in [7, 11) is 1.68. The van der Waals surface area contributed by atoms with Crippen molar-refractivity contribution in [3.63, 3.8) is 0 Å². The highest BCUT2D eigenvalue weighted by molar-refractivity contribution is 4.80. The molecule has 0 aromatic heterocycles. The van der Waals surface area contributed by atoms with Crippen LogP contribution < -0.4 is 5.32 Å². The van der Waals surface area contributed by atoms with Crippen molar-refractivity contribution in [3.05, 3.63) is 0 Å². The summed E-state index contributed by atoms with van der Waals surface area (Å²) in [5, 5.41) is 2.89. The Morgan fingerprint density at radius 2 is 2.21 bits per heavy atom. The van der Waals surface area contributed by atoms with Gasteiger partial charge in [0.2, 0.25) is 0 Å². The predicted octanol–water partition coefficient (Wildman–Crippen LogP) is 2.10. The molecule has 14 heavy (non-hydrogen) atoms. The van der Waals surface area contributed by atoms with Crippen molar-refractivity contribution >= 4 is 0 Å². The fourth-order valence-electron chi connectivity index (χ4n) is 1.76. The van der Waals surface area contributed by atoms with Gasteiger partial charge in [-0.2, -0.15) is 13.2 Å². The normalized spacial score (nSPS) is 25.3. The summed E-state index contributed by atoms with van der Waals surface area (Å²) < 4.78 is 41.3. The van der Waals surface area contributed by atoms with Crippen LogP contribution in [0.4, 0.5) is 13.2 Å². The van der Waals surface area contributed by atoms with E-state index in [4.69, 9.17) is 4.74 Å². The molecule has 84 valence electrons. The van der Waals surface area contributed by atoms with Crippen LogP contribution in [0.5, 0.6) is 0 Å². The third-order valence-corrected chi connectivity index (χ3v) is 2.52. The van der Waals surface area contributed by atoms with Gasteiger partial charge in [-0.1, -0.05) is 0 Å². The molecule has 1 aliphatic rings. The van der Waals surface area contributed by atoms with Crippen LogP contribution >= 0.6 is 0 Å². The quantitative estimate of drug-likeness (QED) is 0.768. The van der Waals surface area contributed by atoms with E-state index in [2.05, 4.69) is 5.32 Å². The molecule has 1 rings (SSSR count). The van der Waals surface area contributed by atoms with Crippen molar-refractivity contribution in [1.29, 1.82) is 0 Å². The van der Waals surface area contributed by atoms with Gasteiger partial charge in [0.15, 0.2) is 0 Å². The molecular formula is C9H16F3NO. The van der Waals surface area contributed by atoms with Gasteiger partial charge in [0, 0.05) is 19.1 Å². The maximum Gasteiger partial charge on any atom is 0.389 e. The molecule has 1 aliphatic heterocycles. The van der Waals surface area contributed by atoms with Gasteiger partial charge < -0.3 is 10.1 Å². The van der Waals surface area contributed by atoms with Gasteiger partial charge in [-0.15, -0.1) is 0 Å². The van der Waals surface area contributed by atoms with E-state index in [9.17, 15) is 13.2 Å². The maximum atomic E-state index is 12.0. The monoisotopic (exact) mass is 211 g/mol. The van der Waals surface area contributed by atoms with Crippen LogP contribution in [0.3, 0.4) is 0 Å². The van der Waals surface area contributed by atoms with E-state index >= 15 is 0 Å². The van der Waals surface area contributed by atoms with E-state index in [0.29, 0.717) is 6.61 Å². The van der Waals surface area contributed by atoms with Gasteiger partial charge in [0.1, 0.15) is 0 Å². The number of nitrogens with one attached hydrogen (secondary N) is 1. The van der Waals surface area contributed by atoms with Crippen LogP contribution in [0.25, 0.3) is 0 Å². The van der Waals surface area contributed by atoms with E-state index in [0.717, 1.165) is 12.8 Å². The molecule has 1 N–H and O–H groups in total. The zero-order chi connectivity index (χ0) is 10.6. The summed E-state index contributed by atoms with van der Waals surface area (Å²) >= 11 is 0. The molecule has 1 saturated heterocycles. The van der Waals surface area contributed by atoms with E-state index in [1.54, 1.807) is 7.05 Å². The highest BCUT2D eigenvalue weighted by Crippen LogP contribution is 2.25. The number of hydrogen-bond acceptors (Lipinski definition) is 2. The lowest BCUT2D eigenvalue weighted by Gasteiger charge is -2.22. The zero-order valence-electron chi connectivity index (χ0n) is 8.23. The van der Waals surface area contributed by atoms with Gasteiger partial charge in [-0.3, -0.25) is 0 Å². The van der Waals surface area contributed by atoms with Gasteiger partial charge in [-0.05, 0) is 26.3 Å². The lowest BCUT2D eigenvalue weighted by molar-refractivity contribution is -0.138. The first-order chi connectivity index (χ1) is 6.53. The summed E-state index contributed by atoms with van der Waals surface area (Å²) in [6.45, 7) is 0.675. The van der Waals surface area contributed by atoms with Crippen LogP contribution in [-0.2, 0) is 4.74 Å². The van der Waals surface area contributed by atoms with Gasteiger partial charge in [0.05, 0.1) is 6.10 Å². The summed E-state index contributed by atoms with van der Waals surface area (Å²) in [5.74, 6) is 0. The second kappa shape index (κ2) is 4.98. The lowest BCUT2D eigenvalue weighted by Crippen LogP contribution is -2.38. The number of ether oxygens (including phenoxy) is 1. The molecule has 1 heterocycles. The molecule has 5 heteroatoms. The minimum Gasteiger partial charge on any atom is -0.377 e. The maximum absolute atomic E-state index is 12.0. The van der Waals surface area contributed by atoms with Crippen molar-refractivity contribution in [3.8, 4) is 0 Å².